The fourth-order valence-corrected chi connectivity index (χ4v) is 6.34. The number of halogens is 2. The molecule has 0 aliphatic heterocycles. The van der Waals surface area contributed by atoms with Crippen LogP contribution in [0.1, 0.15) is 94.2 Å². The highest BCUT2D eigenvalue weighted by molar-refractivity contribution is 9.11. The number of fused-ring (bicyclic) bond motifs is 2. The zero-order valence-corrected chi connectivity index (χ0v) is 40.3. The van der Waals surface area contributed by atoms with Crippen LogP contribution in [0.5, 0.6) is 0 Å². The van der Waals surface area contributed by atoms with E-state index in [1.807, 2.05) is 42.5 Å². The van der Waals surface area contributed by atoms with Gasteiger partial charge in [-0.1, -0.05) is 24.3 Å². The highest BCUT2D eigenvalue weighted by Crippen LogP contribution is 2.35. The molecule has 0 saturated heterocycles. The van der Waals surface area contributed by atoms with E-state index in [9.17, 15) is 19.2 Å². The van der Waals surface area contributed by atoms with Crippen molar-refractivity contribution in [2.75, 3.05) is 15.1 Å². The predicted molar refractivity (Wildman–Crippen MR) is 248 cm³/mol. The van der Waals surface area contributed by atoms with Gasteiger partial charge in [0.05, 0.1) is 0 Å². The lowest BCUT2D eigenvalue weighted by Crippen LogP contribution is -2.44. The molecule has 0 unspecified atom stereocenters. The number of carbonyl (C=O) groups excluding carboxylic acids is 4. The monoisotopic (exact) mass is 979 g/mol. The van der Waals surface area contributed by atoms with E-state index in [2.05, 4.69) is 52.1 Å². The number of imide groups is 2. The molecule has 3 aromatic heterocycles. The number of hydrogen-bond donors (Lipinski definition) is 2. The van der Waals surface area contributed by atoms with Crippen molar-refractivity contribution in [2.45, 2.75) is 119 Å². The molecule has 15 nitrogen and oxygen atoms in total. The highest BCUT2D eigenvalue weighted by Gasteiger charge is 2.36. The summed E-state index contributed by atoms with van der Waals surface area (Å²) in [4.78, 5) is 66.3. The van der Waals surface area contributed by atoms with Crippen LogP contribution in [0, 0.1) is 0 Å². The Bertz CT molecular complexity index is 2370. The van der Waals surface area contributed by atoms with Gasteiger partial charge >= 0.3 is 24.4 Å². The summed E-state index contributed by atoms with van der Waals surface area (Å²) in [6.07, 6.45) is 3.08. The minimum atomic E-state index is -0.860. The van der Waals surface area contributed by atoms with E-state index < -0.39 is 46.8 Å². The Morgan fingerprint density at radius 1 is 0.565 bits per heavy atom. The second kappa shape index (κ2) is 19.8. The van der Waals surface area contributed by atoms with Crippen molar-refractivity contribution in [3.63, 3.8) is 0 Å². The number of amides is 4. The maximum Gasteiger partial charge on any atom is 0.425 e. The molecule has 0 atom stereocenters. The van der Waals surface area contributed by atoms with Gasteiger partial charge in [0.2, 0.25) is 0 Å². The van der Waals surface area contributed by atoms with Crippen molar-refractivity contribution < 1.29 is 38.1 Å². The molecule has 0 fully saturated rings. The van der Waals surface area contributed by atoms with Crippen molar-refractivity contribution in [2.24, 2.45) is 5.73 Å². The fraction of sp³-hybridized carbons (Fsp3) is 0.400. The third-order valence-corrected chi connectivity index (χ3v) is 9.17. The van der Waals surface area contributed by atoms with Crippen LogP contribution in [-0.4, -0.2) is 61.7 Å². The van der Waals surface area contributed by atoms with Gasteiger partial charge in [-0.25, -0.2) is 29.1 Å². The molecule has 62 heavy (non-hydrogen) atoms. The molecule has 0 radical (unpaired) electrons. The largest absolute Gasteiger partial charge is 0.443 e. The molecule has 332 valence electrons. The van der Waals surface area contributed by atoms with Gasteiger partial charge in [0.25, 0.3) is 0 Å². The number of ether oxygens (including phenoxy) is 4. The minimum Gasteiger partial charge on any atom is -0.443 e. The van der Waals surface area contributed by atoms with Gasteiger partial charge in [0.1, 0.15) is 22.4 Å². The molecule has 5 rings (SSSR count). The average molecular weight is 982 g/mol. The summed E-state index contributed by atoms with van der Waals surface area (Å²) in [5.41, 5.74) is 5.38. The molecule has 0 aliphatic carbocycles. The van der Waals surface area contributed by atoms with Crippen molar-refractivity contribution in [3.05, 3.63) is 93.4 Å². The van der Waals surface area contributed by atoms with Gasteiger partial charge in [0.15, 0.2) is 11.6 Å². The Morgan fingerprint density at radius 2 is 0.919 bits per heavy atom. The Kier molecular flexibility index (Phi) is 15.7. The first-order valence-electron chi connectivity index (χ1n) is 19.7. The SMILES string of the molecule is CC(C)(C)OC(=O)N(C(=O)OC(C)(C)C)c1ncc(Br)c2cc(CN)ccc12.CC(C)(C)OC(=O)N(C(=O)OC(C)(C)C)c1ncc(Br)c2cc(CNc3ccncc3)ccc12. The van der Waals surface area contributed by atoms with E-state index in [0.29, 0.717) is 23.9 Å². The number of aromatic nitrogens is 3. The van der Waals surface area contributed by atoms with Gasteiger partial charge in [-0.3, -0.25) is 4.98 Å². The summed E-state index contributed by atoms with van der Waals surface area (Å²) in [5.74, 6) is 0.264. The fourth-order valence-electron chi connectivity index (χ4n) is 5.47. The van der Waals surface area contributed by atoms with Crippen LogP contribution in [0.3, 0.4) is 0 Å². The van der Waals surface area contributed by atoms with E-state index >= 15 is 0 Å². The summed E-state index contributed by atoms with van der Waals surface area (Å²) in [5, 5.41) is 6.08. The standard InChI is InChI=1S/C25H29BrN4O4.C20H26BrN3O4/c1-24(2,3)33-22(31)30(23(32)34-25(4,5)6)21-18-8-7-16(13-19(18)20(26)15-29-21)14-28-17-9-11-27-12-10-17;1-19(2,3)27-17(25)24(18(26)28-20(4,5)6)16-13-8-7-12(10-22)9-14(13)15(21)11-23-16/h7-13,15H,14H2,1-6H3,(H,27,28);7-9,11H,10,22H2,1-6H3. The van der Waals surface area contributed by atoms with E-state index in [1.165, 1.54) is 6.20 Å². The Hall–Kier alpha value is -5.39. The lowest BCUT2D eigenvalue weighted by atomic mass is 10.1. The Labute approximate surface area is 379 Å². The summed E-state index contributed by atoms with van der Waals surface area (Å²) in [6.45, 7) is 21.6. The predicted octanol–water partition coefficient (Wildman–Crippen LogP) is 11.8. The van der Waals surface area contributed by atoms with E-state index in [4.69, 9.17) is 24.7 Å². The number of hydrogen-bond acceptors (Lipinski definition) is 13. The first kappa shape index (κ1) is 49.3. The Morgan fingerprint density at radius 3 is 1.27 bits per heavy atom. The van der Waals surface area contributed by atoms with Crippen LogP contribution in [-0.2, 0) is 32.0 Å². The lowest BCUT2D eigenvalue weighted by molar-refractivity contribution is 0.0407. The minimum absolute atomic E-state index is 0.130. The summed E-state index contributed by atoms with van der Waals surface area (Å²) in [7, 11) is 0. The second-order valence-electron chi connectivity index (χ2n) is 18.0. The molecule has 3 heterocycles. The number of benzene rings is 2. The first-order valence-corrected chi connectivity index (χ1v) is 21.3. The smallest absolute Gasteiger partial charge is 0.425 e. The molecule has 0 aliphatic rings. The van der Waals surface area contributed by atoms with E-state index in [1.54, 1.807) is 108 Å². The third kappa shape index (κ3) is 14.1. The normalized spacial score (nSPS) is 11.9. The third-order valence-electron chi connectivity index (χ3n) is 7.91. The molecule has 5 aromatic rings. The topological polar surface area (TPSA) is 188 Å². The van der Waals surface area contributed by atoms with Gasteiger partial charge in [-0.2, -0.15) is 9.80 Å². The van der Waals surface area contributed by atoms with E-state index in [0.717, 1.165) is 46.3 Å². The molecule has 3 N–H and O–H groups in total. The summed E-state index contributed by atoms with van der Waals surface area (Å²) >= 11 is 7.00. The number of pyridine rings is 3. The van der Waals surface area contributed by atoms with Crippen LogP contribution < -0.4 is 20.9 Å². The highest BCUT2D eigenvalue weighted by atomic mass is 79.9. The number of nitrogens with two attached hydrogens (primary N) is 1. The van der Waals surface area contributed by atoms with Crippen molar-refractivity contribution in [3.8, 4) is 0 Å². The molecule has 2 aromatic carbocycles. The number of anilines is 3. The number of nitrogens with zero attached hydrogens (tertiary/aromatic N) is 5. The number of carbonyl (C=O) groups is 4. The van der Waals surface area contributed by atoms with Gasteiger partial charge in [-0.05, 0) is 150 Å². The first-order chi connectivity index (χ1) is 28.7. The van der Waals surface area contributed by atoms with Crippen LogP contribution >= 0.6 is 31.9 Å². The average Bonchev–Trinajstić information content (AvgIpc) is 3.14. The zero-order valence-electron chi connectivity index (χ0n) is 37.2. The number of nitrogens with one attached hydrogen (secondary N) is 1. The molecule has 17 heteroatoms. The summed E-state index contributed by atoms with van der Waals surface area (Å²) in [6, 6.07) is 15.0. The van der Waals surface area contributed by atoms with Gasteiger partial charge in [0, 0.05) is 74.1 Å². The molecule has 0 bridgehead atoms. The lowest BCUT2D eigenvalue weighted by Gasteiger charge is -2.28. The van der Waals surface area contributed by atoms with Crippen molar-refractivity contribution in [1.82, 2.24) is 15.0 Å². The van der Waals surface area contributed by atoms with Crippen molar-refractivity contribution in [1.29, 1.82) is 0 Å². The quantitative estimate of drug-likeness (QED) is 0.153. The second-order valence-corrected chi connectivity index (χ2v) is 19.7. The van der Waals surface area contributed by atoms with Crippen LogP contribution in [0.25, 0.3) is 21.5 Å². The van der Waals surface area contributed by atoms with Crippen LogP contribution in [0.4, 0.5) is 36.5 Å². The van der Waals surface area contributed by atoms with E-state index in [-0.39, 0.29) is 11.6 Å². The molecular formula is C45H55Br2N7O8. The van der Waals surface area contributed by atoms with Gasteiger partial charge in [-0.15, -0.1) is 0 Å². The maximum atomic E-state index is 13.1. The Balaban J connectivity index is 0.000000278. The maximum absolute atomic E-state index is 13.1. The van der Waals surface area contributed by atoms with Crippen LogP contribution in [0.2, 0.25) is 0 Å². The molecule has 4 amide bonds. The summed E-state index contributed by atoms with van der Waals surface area (Å²) < 4.78 is 23.3. The molecular weight excluding hydrogens is 926 g/mol. The number of rotatable bonds is 6. The molecule has 0 spiro atoms. The van der Waals surface area contributed by atoms with Crippen molar-refractivity contribution >= 4 is 95.1 Å². The zero-order chi connectivity index (χ0) is 46.4. The van der Waals surface area contributed by atoms with Gasteiger partial charge < -0.3 is 30.0 Å². The van der Waals surface area contributed by atoms with Crippen LogP contribution in [0.15, 0.2) is 82.3 Å². The molecule has 0 saturated carbocycles.